The lowest BCUT2D eigenvalue weighted by Crippen LogP contribution is -2.55. The third kappa shape index (κ3) is 2.00. The lowest BCUT2D eigenvalue weighted by molar-refractivity contribution is -0.120. The van der Waals surface area contributed by atoms with E-state index >= 15 is 0 Å². The van der Waals surface area contributed by atoms with Crippen LogP contribution in [0, 0.1) is 28.6 Å². The Hall–Kier alpha value is -0.930. The van der Waals surface area contributed by atoms with Crippen LogP contribution in [0.1, 0.15) is 59.3 Å². The maximum atomic E-state index is 12.1. The fourth-order valence-electron chi connectivity index (χ4n) is 6.69. The van der Waals surface area contributed by atoms with E-state index in [0.717, 1.165) is 44.1 Å². The van der Waals surface area contributed by atoms with Crippen LogP contribution < -0.4 is 0 Å². The van der Waals surface area contributed by atoms with E-state index in [0.29, 0.717) is 17.8 Å². The topological polar surface area (TPSA) is 57.5 Å². The Balaban J connectivity index is 1.70. The Morgan fingerprint density at radius 3 is 2.58 bits per heavy atom. The third-order valence-corrected chi connectivity index (χ3v) is 8.18. The summed E-state index contributed by atoms with van der Waals surface area (Å²) in [5.74, 6) is 1.60. The van der Waals surface area contributed by atoms with Crippen molar-refractivity contribution in [3.05, 3.63) is 23.3 Å². The van der Waals surface area contributed by atoms with Gasteiger partial charge in [-0.2, -0.15) is 0 Å². The van der Waals surface area contributed by atoms with Gasteiger partial charge in [0.15, 0.2) is 5.78 Å². The van der Waals surface area contributed by atoms with Crippen LogP contribution in [0.2, 0.25) is 0 Å². The van der Waals surface area contributed by atoms with Gasteiger partial charge in [0.2, 0.25) is 0 Å². The predicted molar refractivity (Wildman–Crippen MR) is 93.2 cm³/mol. The summed E-state index contributed by atoms with van der Waals surface area (Å²) in [5, 5.41) is 21.2. The van der Waals surface area contributed by atoms with Gasteiger partial charge in [-0.25, -0.2) is 0 Å². The molecule has 7 unspecified atom stereocenters. The Kier molecular flexibility index (Phi) is 3.64. The Morgan fingerprint density at radius 1 is 1.12 bits per heavy atom. The molecule has 4 aliphatic carbocycles. The zero-order valence-corrected chi connectivity index (χ0v) is 15.1. The largest absolute Gasteiger partial charge is 0.393 e. The SMILES string of the molecule is CC(=O)C1=CC=C2C3CCC4CC(O)CCC4(C)C3CC(O)C12C. The molecule has 0 amide bonds. The van der Waals surface area contributed by atoms with Gasteiger partial charge in [-0.15, -0.1) is 0 Å². The maximum Gasteiger partial charge on any atom is 0.156 e. The van der Waals surface area contributed by atoms with Crippen LogP contribution in [0.3, 0.4) is 0 Å². The van der Waals surface area contributed by atoms with Crippen molar-refractivity contribution in [2.24, 2.45) is 28.6 Å². The molecule has 0 saturated heterocycles. The number of fused-ring (bicyclic) bond motifs is 5. The van der Waals surface area contributed by atoms with Crippen LogP contribution in [0.15, 0.2) is 23.3 Å². The van der Waals surface area contributed by atoms with Crippen LogP contribution in [0.25, 0.3) is 0 Å². The number of aliphatic hydroxyl groups excluding tert-OH is 2. The highest BCUT2D eigenvalue weighted by atomic mass is 16.3. The second kappa shape index (κ2) is 5.28. The molecule has 0 heterocycles. The Bertz CT molecular complexity index is 633. The molecule has 3 nitrogen and oxygen atoms in total. The summed E-state index contributed by atoms with van der Waals surface area (Å²) < 4.78 is 0. The molecular weight excluding hydrogens is 300 g/mol. The molecule has 0 aromatic rings. The number of ketones is 1. The number of carbonyl (C=O) groups excluding carboxylic acids is 1. The summed E-state index contributed by atoms with van der Waals surface area (Å²) in [7, 11) is 0. The fraction of sp³-hybridized carbons (Fsp3) is 0.762. The van der Waals surface area contributed by atoms with E-state index in [-0.39, 0.29) is 17.3 Å². The summed E-state index contributed by atoms with van der Waals surface area (Å²) >= 11 is 0. The molecule has 4 rings (SSSR count). The monoisotopic (exact) mass is 330 g/mol. The van der Waals surface area contributed by atoms with Gasteiger partial charge in [0.05, 0.1) is 12.2 Å². The van der Waals surface area contributed by atoms with Gasteiger partial charge >= 0.3 is 0 Å². The van der Waals surface area contributed by atoms with Crippen molar-refractivity contribution in [1.82, 2.24) is 0 Å². The number of aliphatic hydroxyl groups is 2. The average molecular weight is 330 g/mol. The Morgan fingerprint density at radius 2 is 1.88 bits per heavy atom. The van der Waals surface area contributed by atoms with Crippen molar-refractivity contribution in [3.63, 3.8) is 0 Å². The smallest absolute Gasteiger partial charge is 0.156 e. The molecule has 0 spiro atoms. The molecule has 0 radical (unpaired) electrons. The minimum atomic E-state index is -0.482. The first kappa shape index (κ1) is 16.5. The van der Waals surface area contributed by atoms with E-state index in [9.17, 15) is 15.0 Å². The van der Waals surface area contributed by atoms with Crippen LogP contribution in [-0.2, 0) is 4.79 Å². The van der Waals surface area contributed by atoms with E-state index in [1.807, 2.05) is 6.08 Å². The number of rotatable bonds is 1. The van der Waals surface area contributed by atoms with Crippen LogP contribution in [0.4, 0.5) is 0 Å². The molecule has 0 aliphatic heterocycles. The summed E-state index contributed by atoms with van der Waals surface area (Å²) in [6.07, 6.45) is 9.41. The van der Waals surface area contributed by atoms with E-state index in [1.54, 1.807) is 6.92 Å². The molecule has 2 N–H and O–H groups in total. The molecule has 24 heavy (non-hydrogen) atoms. The first-order valence-electron chi connectivity index (χ1n) is 9.58. The summed E-state index contributed by atoms with van der Waals surface area (Å²) in [5.41, 5.74) is 1.81. The number of hydrogen-bond donors (Lipinski definition) is 2. The van der Waals surface area contributed by atoms with Crippen molar-refractivity contribution >= 4 is 5.78 Å². The first-order valence-corrected chi connectivity index (χ1v) is 9.58. The summed E-state index contributed by atoms with van der Waals surface area (Å²) in [6, 6.07) is 0. The van der Waals surface area contributed by atoms with E-state index in [1.165, 1.54) is 5.57 Å². The van der Waals surface area contributed by atoms with Gasteiger partial charge < -0.3 is 10.2 Å². The van der Waals surface area contributed by atoms with Crippen molar-refractivity contribution in [2.75, 3.05) is 0 Å². The normalized spacial score (nSPS) is 50.3. The van der Waals surface area contributed by atoms with Gasteiger partial charge in [0, 0.05) is 11.0 Å². The highest BCUT2D eigenvalue weighted by Gasteiger charge is 2.59. The van der Waals surface area contributed by atoms with Crippen LogP contribution in [-0.4, -0.2) is 28.2 Å². The molecule has 3 saturated carbocycles. The van der Waals surface area contributed by atoms with Crippen molar-refractivity contribution in [3.8, 4) is 0 Å². The molecule has 7 atom stereocenters. The van der Waals surface area contributed by atoms with E-state index in [4.69, 9.17) is 0 Å². The lowest BCUT2D eigenvalue weighted by atomic mass is 9.45. The number of hydrogen-bond acceptors (Lipinski definition) is 3. The number of Topliss-reactive ketones (excluding diaryl/α,β-unsaturated/α-hetero) is 1. The first-order chi connectivity index (χ1) is 11.3. The van der Waals surface area contributed by atoms with Gasteiger partial charge in [0.1, 0.15) is 0 Å². The summed E-state index contributed by atoms with van der Waals surface area (Å²) in [4.78, 5) is 12.1. The number of carbonyl (C=O) groups is 1. The zero-order valence-electron chi connectivity index (χ0n) is 15.1. The van der Waals surface area contributed by atoms with Crippen LogP contribution in [0.5, 0.6) is 0 Å². The van der Waals surface area contributed by atoms with Crippen molar-refractivity contribution < 1.29 is 15.0 Å². The fourth-order valence-corrected chi connectivity index (χ4v) is 6.69. The molecule has 3 heteroatoms. The van der Waals surface area contributed by atoms with Gasteiger partial charge in [-0.3, -0.25) is 4.79 Å². The maximum absolute atomic E-state index is 12.1. The Labute approximate surface area is 144 Å². The zero-order chi connectivity index (χ0) is 17.3. The minimum Gasteiger partial charge on any atom is -0.393 e. The second-order valence-electron chi connectivity index (χ2n) is 9.13. The molecule has 0 aromatic carbocycles. The minimum absolute atomic E-state index is 0.0851. The molecule has 132 valence electrons. The van der Waals surface area contributed by atoms with Crippen LogP contribution >= 0.6 is 0 Å². The standard InChI is InChI=1S/C21H30O3/c1-12(22)16-6-7-17-15-5-4-13-10-14(23)8-9-20(13,2)18(15)11-19(24)21(16,17)3/h6-7,13-15,18-19,23-24H,4-5,8-11H2,1-3H3. The van der Waals surface area contributed by atoms with Gasteiger partial charge in [-0.1, -0.05) is 24.6 Å². The van der Waals surface area contributed by atoms with E-state index in [2.05, 4.69) is 19.9 Å². The molecule has 3 fully saturated rings. The highest BCUT2D eigenvalue weighted by molar-refractivity contribution is 5.97. The predicted octanol–water partition coefficient (Wildman–Crippen LogP) is 3.41. The number of allylic oxidation sites excluding steroid dienone is 2. The third-order valence-electron chi connectivity index (χ3n) is 8.18. The van der Waals surface area contributed by atoms with Crippen molar-refractivity contribution in [2.45, 2.75) is 71.5 Å². The summed E-state index contributed by atoms with van der Waals surface area (Å²) in [6.45, 7) is 6.08. The van der Waals surface area contributed by atoms with Crippen molar-refractivity contribution in [1.29, 1.82) is 0 Å². The molecule has 0 bridgehead atoms. The highest BCUT2D eigenvalue weighted by Crippen LogP contribution is 2.65. The second-order valence-corrected chi connectivity index (χ2v) is 9.13. The quantitative estimate of drug-likeness (QED) is 0.775. The molecular formula is C21H30O3. The van der Waals surface area contributed by atoms with Gasteiger partial charge in [-0.05, 0) is 75.5 Å². The molecule has 0 aromatic heterocycles. The van der Waals surface area contributed by atoms with Gasteiger partial charge in [0.25, 0.3) is 0 Å². The van der Waals surface area contributed by atoms with E-state index < -0.39 is 11.5 Å². The molecule has 4 aliphatic rings. The average Bonchev–Trinajstić information content (AvgIpc) is 2.88. The lowest BCUT2D eigenvalue weighted by Gasteiger charge is -2.60.